The van der Waals surface area contributed by atoms with Gasteiger partial charge in [0.1, 0.15) is 11.4 Å². The number of hydrogen-bond acceptors (Lipinski definition) is 4. The molecular formula is C15H15N3O3. The summed E-state index contributed by atoms with van der Waals surface area (Å²) in [5.41, 5.74) is 0.749. The molecule has 1 aliphatic carbocycles. The van der Waals surface area contributed by atoms with E-state index in [1.54, 1.807) is 23.1 Å². The molecule has 6 nitrogen and oxygen atoms in total. The van der Waals surface area contributed by atoms with E-state index in [-0.39, 0.29) is 29.0 Å². The summed E-state index contributed by atoms with van der Waals surface area (Å²) in [6.45, 7) is 0.415. The summed E-state index contributed by atoms with van der Waals surface area (Å²) in [5, 5.41) is 15.6. The Bertz CT molecular complexity index is 702. The van der Waals surface area contributed by atoms with Crippen molar-refractivity contribution in [3.63, 3.8) is 0 Å². The first-order valence-electron chi connectivity index (χ1n) is 6.78. The Morgan fingerprint density at radius 2 is 2.14 bits per heavy atom. The highest BCUT2D eigenvalue weighted by Crippen LogP contribution is 2.29. The van der Waals surface area contributed by atoms with Crippen LogP contribution in [-0.2, 0) is 6.54 Å². The Kier molecular flexibility index (Phi) is 3.43. The van der Waals surface area contributed by atoms with Crippen molar-refractivity contribution in [2.45, 2.75) is 25.4 Å². The van der Waals surface area contributed by atoms with Crippen LogP contribution in [0, 0.1) is 0 Å². The fraction of sp³-hybridized carbons (Fsp3) is 0.267. The van der Waals surface area contributed by atoms with E-state index in [2.05, 4.69) is 10.2 Å². The van der Waals surface area contributed by atoms with Crippen LogP contribution >= 0.6 is 0 Å². The minimum absolute atomic E-state index is 0.179. The second-order valence-corrected chi connectivity index (χ2v) is 5.14. The number of amides is 1. The minimum Gasteiger partial charge on any atom is -0.508 e. The van der Waals surface area contributed by atoms with Gasteiger partial charge < -0.3 is 10.0 Å². The van der Waals surface area contributed by atoms with Gasteiger partial charge in [-0.2, -0.15) is 5.10 Å². The van der Waals surface area contributed by atoms with E-state index in [9.17, 15) is 14.7 Å². The van der Waals surface area contributed by atoms with Crippen LogP contribution in [0.15, 0.2) is 41.2 Å². The third kappa shape index (κ3) is 3.10. The van der Waals surface area contributed by atoms with Gasteiger partial charge in [0.25, 0.3) is 11.5 Å². The smallest absolute Gasteiger partial charge is 0.274 e. The maximum absolute atomic E-state index is 12.5. The van der Waals surface area contributed by atoms with Crippen LogP contribution in [0.25, 0.3) is 0 Å². The molecule has 2 N–H and O–H groups in total. The summed E-state index contributed by atoms with van der Waals surface area (Å²) in [4.78, 5) is 25.3. The van der Waals surface area contributed by atoms with Crippen molar-refractivity contribution < 1.29 is 9.90 Å². The van der Waals surface area contributed by atoms with Crippen LogP contribution in [0.4, 0.5) is 0 Å². The normalized spacial score (nSPS) is 13.9. The minimum atomic E-state index is -0.336. The number of nitrogens with one attached hydrogen (secondary N) is 1. The predicted octanol–water partition coefficient (Wildman–Crippen LogP) is 1.28. The fourth-order valence-corrected chi connectivity index (χ4v) is 2.22. The van der Waals surface area contributed by atoms with Gasteiger partial charge in [-0.3, -0.25) is 9.59 Å². The summed E-state index contributed by atoms with van der Waals surface area (Å²) in [6, 6.07) is 9.77. The van der Waals surface area contributed by atoms with Crippen molar-refractivity contribution in [1.82, 2.24) is 15.1 Å². The van der Waals surface area contributed by atoms with Crippen molar-refractivity contribution in [2.75, 3.05) is 0 Å². The average molecular weight is 285 g/mol. The standard InChI is InChI=1S/C15H15N3O3/c19-12-3-1-2-10(8-12)9-18(11-4-5-11)15(21)13-6-7-14(20)17-16-13/h1-3,6-8,11,19H,4-5,9H2,(H,17,20). The van der Waals surface area contributed by atoms with Crippen LogP contribution in [0.2, 0.25) is 0 Å². The largest absolute Gasteiger partial charge is 0.508 e. The maximum Gasteiger partial charge on any atom is 0.274 e. The van der Waals surface area contributed by atoms with E-state index in [1.165, 1.54) is 12.1 Å². The van der Waals surface area contributed by atoms with Crippen molar-refractivity contribution in [3.05, 3.63) is 58.0 Å². The van der Waals surface area contributed by atoms with E-state index in [4.69, 9.17) is 0 Å². The molecule has 6 heteroatoms. The number of phenolic OH excluding ortho intramolecular Hbond substituents is 1. The number of aromatic nitrogens is 2. The highest BCUT2D eigenvalue weighted by atomic mass is 16.3. The molecular weight excluding hydrogens is 270 g/mol. The molecule has 1 saturated carbocycles. The monoisotopic (exact) mass is 285 g/mol. The lowest BCUT2D eigenvalue weighted by Crippen LogP contribution is -2.33. The van der Waals surface area contributed by atoms with Gasteiger partial charge in [-0.1, -0.05) is 12.1 Å². The lowest BCUT2D eigenvalue weighted by atomic mass is 10.2. The summed E-state index contributed by atoms with van der Waals surface area (Å²) in [6.07, 6.45) is 1.93. The molecule has 0 unspecified atom stereocenters. The number of aromatic hydroxyl groups is 1. The lowest BCUT2D eigenvalue weighted by Gasteiger charge is -2.22. The molecule has 0 aliphatic heterocycles. The molecule has 0 atom stereocenters. The van der Waals surface area contributed by atoms with Crippen molar-refractivity contribution in [2.24, 2.45) is 0 Å². The van der Waals surface area contributed by atoms with Gasteiger partial charge in [-0.25, -0.2) is 5.10 Å². The van der Waals surface area contributed by atoms with E-state index >= 15 is 0 Å². The van der Waals surface area contributed by atoms with Crippen molar-refractivity contribution in [3.8, 4) is 5.75 Å². The molecule has 1 aromatic heterocycles. The van der Waals surface area contributed by atoms with Crippen LogP contribution in [0.1, 0.15) is 28.9 Å². The number of benzene rings is 1. The highest BCUT2D eigenvalue weighted by molar-refractivity contribution is 5.92. The molecule has 1 amide bonds. The molecule has 108 valence electrons. The second-order valence-electron chi connectivity index (χ2n) is 5.14. The lowest BCUT2D eigenvalue weighted by molar-refractivity contribution is 0.0722. The van der Waals surface area contributed by atoms with Gasteiger partial charge in [0.15, 0.2) is 0 Å². The molecule has 1 heterocycles. The number of H-pyrrole nitrogens is 1. The van der Waals surface area contributed by atoms with E-state index in [0.717, 1.165) is 18.4 Å². The molecule has 1 fully saturated rings. The van der Waals surface area contributed by atoms with Crippen molar-refractivity contribution in [1.29, 1.82) is 0 Å². The summed E-state index contributed by atoms with van der Waals surface area (Å²) >= 11 is 0. The third-order valence-corrected chi connectivity index (χ3v) is 3.41. The molecule has 1 aromatic carbocycles. The number of rotatable bonds is 4. The molecule has 2 aromatic rings. The quantitative estimate of drug-likeness (QED) is 0.886. The molecule has 0 saturated heterocycles. The van der Waals surface area contributed by atoms with Gasteiger partial charge >= 0.3 is 0 Å². The Morgan fingerprint density at radius 1 is 1.33 bits per heavy atom. The van der Waals surface area contributed by atoms with E-state index in [1.807, 2.05) is 6.07 Å². The van der Waals surface area contributed by atoms with Crippen LogP contribution in [-0.4, -0.2) is 32.2 Å². The van der Waals surface area contributed by atoms with E-state index in [0.29, 0.717) is 6.54 Å². The number of hydrogen-bond donors (Lipinski definition) is 2. The number of carbonyl (C=O) groups excluding carboxylic acids is 1. The van der Waals surface area contributed by atoms with Gasteiger partial charge in [0.05, 0.1) is 0 Å². The van der Waals surface area contributed by atoms with Crippen LogP contribution in [0.5, 0.6) is 5.75 Å². The van der Waals surface area contributed by atoms with Gasteiger partial charge in [-0.05, 0) is 36.6 Å². The topological polar surface area (TPSA) is 86.3 Å². The molecule has 1 aliphatic rings. The number of nitrogens with zero attached hydrogens (tertiary/aromatic N) is 2. The zero-order valence-corrected chi connectivity index (χ0v) is 11.3. The second kappa shape index (κ2) is 5.40. The van der Waals surface area contributed by atoms with Crippen molar-refractivity contribution >= 4 is 5.91 Å². The Balaban J connectivity index is 1.83. The molecule has 0 spiro atoms. The molecule has 0 radical (unpaired) electrons. The van der Waals surface area contributed by atoms with Crippen LogP contribution in [0.3, 0.4) is 0 Å². The van der Waals surface area contributed by atoms with Gasteiger partial charge in [0, 0.05) is 18.7 Å². The number of phenols is 1. The first kappa shape index (κ1) is 13.4. The number of aromatic amines is 1. The number of carbonyl (C=O) groups is 1. The van der Waals surface area contributed by atoms with Gasteiger partial charge in [-0.15, -0.1) is 0 Å². The molecule has 21 heavy (non-hydrogen) atoms. The first-order valence-corrected chi connectivity index (χ1v) is 6.78. The summed E-state index contributed by atoms with van der Waals surface area (Å²) < 4.78 is 0. The summed E-state index contributed by atoms with van der Waals surface area (Å²) in [7, 11) is 0. The van der Waals surface area contributed by atoms with Crippen LogP contribution < -0.4 is 5.56 Å². The van der Waals surface area contributed by atoms with Gasteiger partial charge in [0.2, 0.25) is 0 Å². The fourth-order valence-electron chi connectivity index (χ4n) is 2.22. The third-order valence-electron chi connectivity index (χ3n) is 3.41. The Morgan fingerprint density at radius 3 is 2.76 bits per heavy atom. The zero-order chi connectivity index (χ0) is 14.8. The highest BCUT2D eigenvalue weighted by Gasteiger charge is 2.33. The Labute approximate surface area is 121 Å². The SMILES string of the molecule is O=C(c1ccc(=O)[nH]n1)N(Cc1cccc(O)c1)C1CC1. The average Bonchev–Trinajstić information content (AvgIpc) is 3.29. The maximum atomic E-state index is 12.5. The zero-order valence-electron chi connectivity index (χ0n) is 11.3. The molecule has 3 rings (SSSR count). The Hall–Kier alpha value is -2.63. The van der Waals surface area contributed by atoms with E-state index < -0.39 is 0 Å². The first-order chi connectivity index (χ1) is 10.1. The predicted molar refractivity (Wildman–Crippen MR) is 75.9 cm³/mol. The molecule has 0 bridgehead atoms. The summed E-state index contributed by atoms with van der Waals surface area (Å²) in [5.74, 6) is -0.0324.